The first kappa shape index (κ1) is 8.93. The summed E-state index contributed by atoms with van der Waals surface area (Å²) in [4.78, 5) is 10.6. The molecule has 0 saturated heterocycles. The number of nitrogens with one attached hydrogen (secondary N) is 1. The zero-order chi connectivity index (χ0) is 8.97. The number of hydrogen-bond donors (Lipinski definition) is 3. The highest BCUT2D eigenvalue weighted by molar-refractivity contribution is 7.81. The Morgan fingerprint density at radius 2 is 2.17 bits per heavy atom. The summed E-state index contributed by atoms with van der Waals surface area (Å²) in [6.07, 6.45) is 0.240. The van der Waals surface area contributed by atoms with Gasteiger partial charge in [0.15, 0.2) is 0 Å². The summed E-state index contributed by atoms with van der Waals surface area (Å²) in [5, 5.41) is 0. The topological polar surface area (TPSA) is 55.1 Å². The van der Waals surface area contributed by atoms with E-state index in [0.29, 0.717) is 0 Å². The van der Waals surface area contributed by atoms with Crippen molar-refractivity contribution >= 4 is 24.4 Å². The number of primary amides is 1. The number of hydrogen-bond acceptors (Lipinski definition) is 3. The van der Waals surface area contributed by atoms with Crippen LogP contribution in [0.5, 0.6) is 0 Å². The highest BCUT2D eigenvalue weighted by Crippen LogP contribution is 2.15. The van der Waals surface area contributed by atoms with Crippen molar-refractivity contribution in [2.75, 3.05) is 4.72 Å². The van der Waals surface area contributed by atoms with Gasteiger partial charge in [-0.05, 0) is 11.6 Å². The second-order valence-electron chi connectivity index (χ2n) is 2.41. The van der Waals surface area contributed by atoms with Gasteiger partial charge < -0.3 is 10.5 Å². The van der Waals surface area contributed by atoms with Crippen LogP contribution in [0.1, 0.15) is 5.56 Å². The Morgan fingerprint density at radius 3 is 2.75 bits per heavy atom. The Kier molecular flexibility index (Phi) is 2.99. The molecule has 0 aliphatic heterocycles. The Labute approximate surface area is 76.5 Å². The molecule has 0 atom stereocenters. The maximum absolute atomic E-state index is 10.6. The third-order valence-electron chi connectivity index (χ3n) is 1.50. The van der Waals surface area contributed by atoms with E-state index in [9.17, 15) is 4.79 Å². The van der Waals surface area contributed by atoms with E-state index in [1.54, 1.807) is 0 Å². The number of amides is 1. The lowest BCUT2D eigenvalue weighted by Crippen LogP contribution is -2.14. The minimum atomic E-state index is -0.342. The summed E-state index contributed by atoms with van der Waals surface area (Å²) in [6, 6.07) is 7.39. The fourth-order valence-corrected chi connectivity index (χ4v) is 1.19. The molecule has 0 aromatic heterocycles. The Morgan fingerprint density at radius 1 is 1.50 bits per heavy atom. The Balaban J connectivity index is 2.89. The zero-order valence-electron chi connectivity index (χ0n) is 6.45. The summed E-state index contributed by atoms with van der Waals surface area (Å²) in [5.41, 5.74) is 6.74. The lowest BCUT2D eigenvalue weighted by Gasteiger charge is -2.04. The Bertz CT molecular complexity index is 288. The first-order valence-corrected chi connectivity index (χ1v) is 3.95. The van der Waals surface area contributed by atoms with Crippen molar-refractivity contribution in [1.29, 1.82) is 0 Å². The highest BCUT2D eigenvalue weighted by atomic mass is 32.1. The zero-order valence-corrected chi connectivity index (χ0v) is 7.34. The predicted molar refractivity (Wildman–Crippen MR) is 51.9 cm³/mol. The van der Waals surface area contributed by atoms with Gasteiger partial charge in [0.25, 0.3) is 0 Å². The van der Waals surface area contributed by atoms with E-state index in [1.807, 2.05) is 24.3 Å². The summed E-state index contributed by atoms with van der Waals surface area (Å²) >= 11 is 3.90. The lowest BCUT2D eigenvalue weighted by molar-refractivity contribution is -0.117. The maximum atomic E-state index is 10.6. The molecule has 3 nitrogen and oxygen atoms in total. The molecule has 3 N–H and O–H groups in total. The van der Waals surface area contributed by atoms with Crippen molar-refractivity contribution in [3.63, 3.8) is 0 Å². The van der Waals surface area contributed by atoms with Gasteiger partial charge in [-0.3, -0.25) is 4.79 Å². The van der Waals surface area contributed by atoms with Crippen LogP contribution in [0.15, 0.2) is 24.3 Å². The molecule has 1 aromatic carbocycles. The van der Waals surface area contributed by atoms with Gasteiger partial charge >= 0.3 is 0 Å². The molecule has 0 saturated carbocycles. The standard InChI is InChI=1S/C8H10N2OS/c9-8(11)5-6-3-1-2-4-7(6)10-12/h1-4,10,12H,5H2,(H2,9,11). The molecule has 0 aliphatic rings. The van der Waals surface area contributed by atoms with Crippen molar-refractivity contribution in [3.05, 3.63) is 29.8 Å². The van der Waals surface area contributed by atoms with Crippen LogP contribution >= 0.6 is 12.8 Å². The SMILES string of the molecule is NC(=O)Cc1ccccc1NS. The van der Waals surface area contributed by atoms with Gasteiger partial charge in [0.05, 0.1) is 6.42 Å². The first-order chi connectivity index (χ1) is 5.74. The van der Waals surface area contributed by atoms with E-state index in [2.05, 4.69) is 17.5 Å². The van der Waals surface area contributed by atoms with E-state index in [-0.39, 0.29) is 12.3 Å². The number of thiol groups is 1. The second kappa shape index (κ2) is 4.01. The van der Waals surface area contributed by atoms with E-state index in [1.165, 1.54) is 0 Å². The molecule has 0 heterocycles. The molecule has 0 unspecified atom stereocenters. The van der Waals surface area contributed by atoms with Crippen LogP contribution < -0.4 is 10.5 Å². The molecule has 0 bridgehead atoms. The van der Waals surface area contributed by atoms with Crippen molar-refractivity contribution in [2.45, 2.75) is 6.42 Å². The number of benzene rings is 1. The number of rotatable bonds is 3. The molecule has 0 radical (unpaired) electrons. The number of para-hydroxylation sites is 1. The lowest BCUT2D eigenvalue weighted by atomic mass is 10.1. The first-order valence-electron chi connectivity index (χ1n) is 3.50. The molecular weight excluding hydrogens is 172 g/mol. The monoisotopic (exact) mass is 182 g/mol. The fraction of sp³-hybridized carbons (Fsp3) is 0.125. The molecule has 0 aliphatic carbocycles. The van der Waals surface area contributed by atoms with Crippen LogP contribution in [-0.2, 0) is 11.2 Å². The summed E-state index contributed by atoms with van der Waals surface area (Å²) in [6.45, 7) is 0. The van der Waals surface area contributed by atoms with E-state index >= 15 is 0 Å². The molecule has 4 heteroatoms. The molecule has 1 rings (SSSR count). The van der Waals surface area contributed by atoms with Crippen LogP contribution in [0.3, 0.4) is 0 Å². The second-order valence-corrected chi connectivity index (χ2v) is 2.64. The van der Waals surface area contributed by atoms with Crippen molar-refractivity contribution < 1.29 is 4.79 Å². The average Bonchev–Trinajstić information content (AvgIpc) is 2.04. The summed E-state index contributed by atoms with van der Waals surface area (Å²) in [7, 11) is 0. The van der Waals surface area contributed by atoms with Crippen molar-refractivity contribution in [3.8, 4) is 0 Å². The van der Waals surface area contributed by atoms with E-state index in [4.69, 9.17) is 5.73 Å². The molecule has 1 aromatic rings. The summed E-state index contributed by atoms with van der Waals surface area (Å²) in [5.74, 6) is -0.342. The van der Waals surface area contributed by atoms with Gasteiger partial charge in [0, 0.05) is 5.69 Å². The van der Waals surface area contributed by atoms with Crippen LogP contribution in [0.2, 0.25) is 0 Å². The highest BCUT2D eigenvalue weighted by Gasteiger charge is 2.02. The number of anilines is 1. The van der Waals surface area contributed by atoms with Gasteiger partial charge in [-0.15, -0.1) is 0 Å². The third-order valence-corrected chi connectivity index (χ3v) is 1.74. The molecule has 64 valence electrons. The van der Waals surface area contributed by atoms with Crippen LogP contribution in [0.4, 0.5) is 5.69 Å². The molecule has 0 spiro atoms. The molecular formula is C8H10N2OS. The van der Waals surface area contributed by atoms with Crippen LogP contribution in [-0.4, -0.2) is 5.91 Å². The Hall–Kier alpha value is -1.16. The normalized spacial score (nSPS) is 9.42. The van der Waals surface area contributed by atoms with Crippen LogP contribution in [0, 0.1) is 0 Å². The van der Waals surface area contributed by atoms with Gasteiger partial charge in [-0.1, -0.05) is 31.0 Å². The predicted octanol–water partition coefficient (Wildman–Crippen LogP) is 0.971. The van der Waals surface area contributed by atoms with Crippen molar-refractivity contribution in [1.82, 2.24) is 0 Å². The van der Waals surface area contributed by atoms with Crippen LogP contribution in [0.25, 0.3) is 0 Å². The molecule has 1 amide bonds. The largest absolute Gasteiger partial charge is 0.369 e. The van der Waals surface area contributed by atoms with E-state index in [0.717, 1.165) is 11.3 Å². The maximum Gasteiger partial charge on any atom is 0.221 e. The number of carbonyl (C=O) groups is 1. The minimum Gasteiger partial charge on any atom is -0.369 e. The third kappa shape index (κ3) is 2.17. The smallest absolute Gasteiger partial charge is 0.221 e. The average molecular weight is 182 g/mol. The van der Waals surface area contributed by atoms with E-state index < -0.39 is 0 Å². The number of nitrogens with two attached hydrogens (primary N) is 1. The molecule has 12 heavy (non-hydrogen) atoms. The molecule has 0 fully saturated rings. The van der Waals surface area contributed by atoms with Gasteiger partial charge in [0.1, 0.15) is 0 Å². The fourth-order valence-electron chi connectivity index (χ4n) is 0.971. The summed E-state index contributed by atoms with van der Waals surface area (Å²) < 4.78 is 2.69. The quantitative estimate of drug-likeness (QED) is 0.610. The van der Waals surface area contributed by atoms with Gasteiger partial charge in [-0.2, -0.15) is 0 Å². The van der Waals surface area contributed by atoms with Gasteiger partial charge in [-0.25, -0.2) is 0 Å². The number of carbonyl (C=O) groups excluding carboxylic acids is 1. The minimum absolute atomic E-state index is 0.240. The van der Waals surface area contributed by atoms with Crippen molar-refractivity contribution in [2.24, 2.45) is 5.73 Å². The van der Waals surface area contributed by atoms with Gasteiger partial charge in [0.2, 0.25) is 5.91 Å².